The number of thiol groups is 1. The fourth-order valence-electron chi connectivity index (χ4n) is 6.36. The zero-order valence-electron chi connectivity index (χ0n) is 32.1. The van der Waals surface area contributed by atoms with Gasteiger partial charge in [-0.3, -0.25) is 43.2 Å². The number of unbranched alkanes of at least 4 members (excludes halogenated alkanes) is 1. The second-order valence-electron chi connectivity index (χ2n) is 13.8. The van der Waals surface area contributed by atoms with Crippen LogP contribution in [0.25, 0.3) is 0 Å². The summed E-state index contributed by atoms with van der Waals surface area (Å²) in [5, 5.41) is 33.1. The molecule has 22 nitrogen and oxygen atoms in total. The Morgan fingerprint density at radius 1 is 0.684 bits per heavy atom. The molecule has 0 aromatic rings. The van der Waals surface area contributed by atoms with Crippen molar-refractivity contribution < 1.29 is 58.2 Å². The van der Waals surface area contributed by atoms with Crippen molar-refractivity contribution in [3.05, 3.63) is 0 Å². The van der Waals surface area contributed by atoms with Crippen LogP contribution in [0.2, 0.25) is 0 Å². The Labute approximate surface area is 335 Å². The average Bonchev–Trinajstić information content (AvgIpc) is 3.87. The Morgan fingerprint density at radius 2 is 1.30 bits per heavy atom. The highest BCUT2D eigenvalue weighted by molar-refractivity contribution is 7.80. The topological polar surface area (TPSA) is 342 Å². The zero-order valence-corrected chi connectivity index (χ0v) is 33.0. The first kappa shape index (κ1) is 48.1. The number of aliphatic carboxylic acids is 2. The quantitative estimate of drug-likeness (QED) is 0.0342. The first-order chi connectivity index (χ1) is 26.9. The van der Waals surface area contributed by atoms with Gasteiger partial charge >= 0.3 is 11.9 Å². The van der Waals surface area contributed by atoms with Crippen molar-refractivity contribution in [2.24, 2.45) is 11.5 Å². The van der Waals surface area contributed by atoms with Crippen LogP contribution in [0.1, 0.15) is 71.6 Å². The number of carbonyl (C=O) groups is 10. The van der Waals surface area contributed by atoms with E-state index in [0.717, 1.165) is 0 Å². The summed E-state index contributed by atoms with van der Waals surface area (Å²) in [6, 6.07) is -7.91. The summed E-state index contributed by atoms with van der Waals surface area (Å²) in [5.74, 6) is -8.21. The number of carbonyl (C=O) groups excluding carboxylic acids is 8. The molecule has 0 radical (unpaired) electrons. The van der Waals surface area contributed by atoms with Crippen LogP contribution in [0, 0.1) is 0 Å². The molecule has 2 heterocycles. The molecule has 2 saturated heterocycles. The predicted molar refractivity (Wildman–Crippen MR) is 204 cm³/mol. The first-order valence-corrected chi connectivity index (χ1v) is 19.4. The van der Waals surface area contributed by atoms with Crippen molar-refractivity contribution in [3.8, 4) is 0 Å². The number of nitrogens with one attached hydrogen (secondary N) is 6. The number of hydrogen-bond acceptors (Lipinski definition) is 13. The first-order valence-electron chi connectivity index (χ1n) is 18.8. The lowest BCUT2D eigenvalue weighted by Crippen LogP contribution is -2.58. The Kier molecular flexibility index (Phi) is 20.2. The maximum Gasteiger partial charge on any atom is 0.326 e. The van der Waals surface area contributed by atoms with Crippen LogP contribution in [-0.4, -0.2) is 160 Å². The molecule has 8 amide bonds. The van der Waals surface area contributed by atoms with E-state index in [4.69, 9.17) is 16.6 Å². The molecule has 2 aliphatic heterocycles. The Bertz CT molecular complexity index is 1500. The van der Waals surface area contributed by atoms with E-state index in [-0.39, 0.29) is 38.1 Å². The lowest BCUT2D eigenvalue weighted by Gasteiger charge is -2.29. The molecule has 2 fully saturated rings. The molecule has 0 spiro atoms. The second kappa shape index (κ2) is 23.9. The summed E-state index contributed by atoms with van der Waals surface area (Å²) in [5.41, 5.74) is 10.8. The molecule has 0 aromatic carbocycles. The SMILES string of the molecule is C[C@H](NC(=O)CNC(=O)[C@@H]1CCCN1C(=O)[C@H](CS)NC(=O)[C@H](CCC(=O)O)NC(=O)CN)C(=O)N[C@@H](C)C(=O)N1CCC[C@H]1C(=O)N[C@@H](CCCCN)C(=O)O. The molecule has 2 rings (SSSR count). The predicted octanol–water partition coefficient (Wildman–Crippen LogP) is -4.48. The van der Waals surface area contributed by atoms with Crippen LogP contribution < -0.4 is 43.4 Å². The van der Waals surface area contributed by atoms with Gasteiger partial charge in [0, 0.05) is 25.3 Å². The molecule has 0 bridgehead atoms. The van der Waals surface area contributed by atoms with Gasteiger partial charge in [-0.2, -0.15) is 12.6 Å². The van der Waals surface area contributed by atoms with Gasteiger partial charge in [-0.25, -0.2) is 4.79 Å². The molecule has 57 heavy (non-hydrogen) atoms. The fraction of sp³-hybridized carbons (Fsp3) is 0.706. The van der Waals surface area contributed by atoms with Gasteiger partial charge in [0.05, 0.1) is 13.1 Å². The van der Waals surface area contributed by atoms with Gasteiger partial charge < -0.3 is 63.4 Å². The van der Waals surface area contributed by atoms with E-state index in [9.17, 15) is 53.1 Å². The highest BCUT2D eigenvalue weighted by Gasteiger charge is 2.40. The smallest absolute Gasteiger partial charge is 0.326 e. The van der Waals surface area contributed by atoms with Crippen molar-refractivity contribution in [3.63, 3.8) is 0 Å². The molecule has 0 aromatic heterocycles. The van der Waals surface area contributed by atoms with E-state index >= 15 is 0 Å². The molecule has 7 atom stereocenters. The van der Waals surface area contributed by atoms with E-state index in [1.54, 1.807) is 0 Å². The van der Waals surface area contributed by atoms with E-state index in [0.29, 0.717) is 38.6 Å². The van der Waals surface area contributed by atoms with Gasteiger partial charge in [0.2, 0.25) is 47.3 Å². The maximum atomic E-state index is 13.4. The van der Waals surface area contributed by atoms with Crippen LogP contribution in [-0.2, 0) is 47.9 Å². The fourth-order valence-corrected chi connectivity index (χ4v) is 6.61. The van der Waals surface area contributed by atoms with E-state index < -0.39 is 121 Å². The van der Waals surface area contributed by atoms with Gasteiger partial charge in [-0.05, 0) is 71.8 Å². The van der Waals surface area contributed by atoms with Crippen LogP contribution in [0.4, 0.5) is 0 Å². The summed E-state index contributed by atoms with van der Waals surface area (Å²) < 4.78 is 0. The third-order valence-corrected chi connectivity index (χ3v) is 9.81. The third kappa shape index (κ3) is 15.1. The number of likely N-dealkylation sites (tertiary alicyclic amines) is 2. The molecule has 0 unspecified atom stereocenters. The van der Waals surface area contributed by atoms with Gasteiger partial charge in [-0.1, -0.05) is 0 Å². The Hall–Kier alpha value is -5.03. The molecular formula is C34H56N10O12S. The molecule has 320 valence electrons. The summed E-state index contributed by atoms with van der Waals surface area (Å²) in [6.07, 6.45) is 1.97. The normalized spacial score (nSPS) is 18.9. The van der Waals surface area contributed by atoms with Gasteiger partial charge in [0.1, 0.15) is 42.3 Å². The number of rotatable bonds is 23. The lowest BCUT2D eigenvalue weighted by atomic mass is 10.1. The van der Waals surface area contributed by atoms with E-state index in [1.165, 1.54) is 23.6 Å². The monoisotopic (exact) mass is 828 g/mol. The van der Waals surface area contributed by atoms with Crippen LogP contribution in [0.15, 0.2) is 0 Å². The maximum absolute atomic E-state index is 13.4. The number of carboxylic acids is 2. The van der Waals surface area contributed by atoms with E-state index in [1.807, 2.05) is 0 Å². The lowest BCUT2D eigenvalue weighted by molar-refractivity contribution is -0.145. The highest BCUT2D eigenvalue weighted by Crippen LogP contribution is 2.20. The standard InChI is InChI=1S/C34H56N10O12S/c1-18(28(49)39-19(2)32(53)43-13-6-9-24(43)31(52)41-21(34(55)56)7-3-4-12-35)38-26(46)16-37-30(51)23-8-5-14-44(23)33(54)22(17-57)42-29(50)20(10-11-27(47)48)40-25(45)15-36/h18-24,57H,3-17,35-36H2,1-2H3,(H,37,51)(H,38,46)(H,39,49)(H,40,45)(H,41,52)(H,42,50)(H,47,48)(H,55,56)/t18-,19-,20-,21-,22-,23-,24-/m0/s1. The minimum absolute atomic E-state index is 0.144. The summed E-state index contributed by atoms with van der Waals surface area (Å²) >= 11 is 4.15. The minimum Gasteiger partial charge on any atom is -0.481 e. The zero-order chi connectivity index (χ0) is 42.8. The molecule has 0 aliphatic carbocycles. The molecule has 2 aliphatic rings. The number of nitrogens with two attached hydrogens (primary N) is 2. The average molecular weight is 829 g/mol. The van der Waals surface area contributed by atoms with E-state index in [2.05, 4.69) is 44.5 Å². The summed E-state index contributed by atoms with van der Waals surface area (Å²) in [4.78, 5) is 128. The van der Waals surface area contributed by atoms with Crippen LogP contribution in [0.5, 0.6) is 0 Å². The van der Waals surface area contributed by atoms with Crippen molar-refractivity contribution in [1.29, 1.82) is 0 Å². The van der Waals surface area contributed by atoms with Crippen LogP contribution >= 0.6 is 12.6 Å². The summed E-state index contributed by atoms with van der Waals surface area (Å²) in [7, 11) is 0. The molecule has 0 saturated carbocycles. The van der Waals surface area contributed by atoms with Gasteiger partial charge in [-0.15, -0.1) is 0 Å². The number of amides is 8. The van der Waals surface area contributed by atoms with Crippen molar-refractivity contribution >= 4 is 71.8 Å². The molecule has 12 N–H and O–H groups in total. The van der Waals surface area contributed by atoms with Crippen LogP contribution in [0.3, 0.4) is 0 Å². The largest absolute Gasteiger partial charge is 0.481 e. The minimum atomic E-state index is -1.30. The van der Waals surface area contributed by atoms with Crippen molar-refractivity contribution in [2.75, 3.05) is 38.5 Å². The number of hydrogen-bond donors (Lipinski definition) is 11. The Balaban J connectivity index is 1.91. The van der Waals surface area contributed by atoms with Gasteiger partial charge in [0.15, 0.2) is 0 Å². The van der Waals surface area contributed by atoms with Gasteiger partial charge in [0.25, 0.3) is 0 Å². The second-order valence-corrected chi connectivity index (χ2v) is 14.2. The molecular weight excluding hydrogens is 772 g/mol. The third-order valence-electron chi connectivity index (χ3n) is 9.44. The Morgan fingerprint density at radius 3 is 1.86 bits per heavy atom. The number of carboxylic acid groups (broad SMARTS) is 2. The van der Waals surface area contributed by atoms with Crippen molar-refractivity contribution in [1.82, 2.24) is 41.7 Å². The molecule has 23 heteroatoms. The highest BCUT2D eigenvalue weighted by atomic mass is 32.1. The summed E-state index contributed by atoms with van der Waals surface area (Å²) in [6.45, 7) is 2.47. The van der Waals surface area contributed by atoms with Crippen molar-refractivity contribution in [2.45, 2.75) is 114 Å². The number of nitrogens with zero attached hydrogens (tertiary/aromatic N) is 2.